The first kappa shape index (κ1) is 8.90. The third-order valence-electron chi connectivity index (χ3n) is 2.01. The predicted molar refractivity (Wildman–Crippen MR) is 54.6 cm³/mol. The van der Waals surface area contributed by atoms with E-state index in [0.29, 0.717) is 6.54 Å². The summed E-state index contributed by atoms with van der Waals surface area (Å²) in [5.74, 6) is 0. The fraction of sp³-hybridized carbons (Fsp3) is 0.200. The van der Waals surface area contributed by atoms with E-state index in [1.54, 1.807) is 0 Å². The zero-order valence-corrected chi connectivity index (χ0v) is 7.77. The molecule has 2 aromatic heterocycles. The number of H-pyrrole nitrogens is 1. The van der Waals surface area contributed by atoms with Crippen molar-refractivity contribution in [2.24, 2.45) is 5.73 Å². The van der Waals surface area contributed by atoms with Crippen molar-refractivity contribution in [2.75, 3.05) is 6.54 Å². The van der Waals surface area contributed by atoms with Gasteiger partial charge in [-0.2, -0.15) is 10.2 Å². The fourth-order valence-electron chi connectivity index (χ4n) is 1.28. The molecular weight excluding hydrogens is 176 g/mol. The van der Waals surface area contributed by atoms with E-state index in [1.165, 1.54) is 0 Å². The molecule has 0 spiro atoms. The molecule has 0 aliphatic heterocycles. The van der Waals surface area contributed by atoms with Crippen LogP contribution in [0.2, 0.25) is 0 Å². The van der Waals surface area contributed by atoms with E-state index in [2.05, 4.69) is 15.2 Å². The third kappa shape index (κ3) is 1.80. The average molecular weight is 188 g/mol. The molecule has 0 aliphatic carbocycles. The summed E-state index contributed by atoms with van der Waals surface area (Å²) in [6.45, 7) is 0.609. The van der Waals surface area contributed by atoms with E-state index in [0.717, 1.165) is 23.4 Å². The van der Waals surface area contributed by atoms with Crippen LogP contribution in [0.5, 0.6) is 0 Å². The monoisotopic (exact) mass is 188 g/mol. The Balaban J connectivity index is 2.22. The van der Waals surface area contributed by atoms with Gasteiger partial charge in [-0.25, -0.2) is 0 Å². The van der Waals surface area contributed by atoms with E-state index < -0.39 is 0 Å². The average Bonchev–Trinajstić information content (AvgIpc) is 2.72. The van der Waals surface area contributed by atoms with Crippen LogP contribution in [0.15, 0.2) is 30.6 Å². The number of hydrogen-bond donors (Lipinski definition) is 2. The lowest BCUT2D eigenvalue weighted by Gasteiger charge is -1.98. The highest BCUT2D eigenvalue weighted by Gasteiger charge is 2.00. The lowest BCUT2D eigenvalue weighted by atomic mass is 10.2. The maximum atomic E-state index is 5.42. The van der Waals surface area contributed by atoms with Crippen molar-refractivity contribution in [2.45, 2.75) is 6.42 Å². The van der Waals surface area contributed by atoms with E-state index in [9.17, 15) is 0 Å². The molecule has 4 nitrogen and oxygen atoms in total. The molecule has 2 heterocycles. The zero-order valence-electron chi connectivity index (χ0n) is 7.77. The van der Waals surface area contributed by atoms with Crippen molar-refractivity contribution >= 4 is 0 Å². The highest BCUT2D eigenvalue weighted by Crippen LogP contribution is 2.14. The lowest BCUT2D eigenvalue weighted by Crippen LogP contribution is -2.05. The Labute approximate surface area is 82.2 Å². The summed E-state index contributed by atoms with van der Waals surface area (Å²) in [6, 6.07) is 5.88. The van der Waals surface area contributed by atoms with Gasteiger partial charge in [0.05, 0.1) is 11.4 Å². The van der Waals surface area contributed by atoms with Crippen molar-refractivity contribution < 1.29 is 0 Å². The highest BCUT2D eigenvalue weighted by atomic mass is 15.1. The van der Waals surface area contributed by atoms with Gasteiger partial charge in [-0.05, 0) is 24.7 Å². The van der Waals surface area contributed by atoms with Crippen molar-refractivity contribution in [3.05, 3.63) is 36.3 Å². The Morgan fingerprint density at radius 3 is 2.71 bits per heavy atom. The second-order valence-electron chi connectivity index (χ2n) is 3.05. The third-order valence-corrected chi connectivity index (χ3v) is 2.01. The van der Waals surface area contributed by atoms with E-state index in [-0.39, 0.29) is 0 Å². The molecule has 0 saturated carbocycles. The second-order valence-corrected chi connectivity index (χ2v) is 3.05. The molecule has 4 heteroatoms. The van der Waals surface area contributed by atoms with Crippen LogP contribution >= 0.6 is 0 Å². The number of aromatic nitrogens is 3. The molecule has 14 heavy (non-hydrogen) atoms. The maximum Gasteiger partial charge on any atom is 0.0945 e. The number of nitrogens with one attached hydrogen (secondary N) is 1. The van der Waals surface area contributed by atoms with Crippen molar-refractivity contribution in [1.29, 1.82) is 0 Å². The van der Waals surface area contributed by atoms with Crippen LogP contribution in [0, 0.1) is 0 Å². The first-order valence-corrected chi connectivity index (χ1v) is 4.56. The minimum atomic E-state index is 0.609. The van der Waals surface area contributed by atoms with Gasteiger partial charge in [-0.1, -0.05) is 0 Å². The van der Waals surface area contributed by atoms with Crippen LogP contribution in [-0.2, 0) is 6.42 Å². The molecule has 0 aromatic carbocycles. The summed E-state index contributed by atoms with van der Waals surface area (Å²) < 4.78 is 0. The minimum Gasteiger partial charge on any atom is -0.367 e. The Morgan fingerprint density at radius 2 is 2.14 bits per heavy atom. The summed E-state index contributed by atoms with van der Waals surface area (Å²) in [6.07, 6.45) is 4.54. The lowest BCUT2D eigenvalue weighted by molar-refractivity contribution is 0.870. The molecule has 0 atom stereocenters. The van der Waals surface area contributed by atoms with Gasteiger partial charge < -0.3 is 10.7 Å². The zero-order chi connectivity index (χ0) is 9.80. The first-order valence-electron chi connectivity index (χ1n) is 4.56. The van der Waals surface area contributed by atoms with Crippen molar-refractivity contribution in [3.8, 4) is 11.3 Å². The topological polar surface area (TPSA) is 67.6 Å². The van der Waals surface area contributed by atoms with Crippen molar-refractivity contribution in [3.63, 3.8) is 0 Å². The summed E-state index contributed by atoms with van der Waals surface area (Å²) in [4.78, 5) is 2.98. The van der Waals surface area contributed by atoms with E-state index in [1.807, 2.05) is 30.6 Å². The molecule has 0 amide bonds. The van der Waals surface area contributed by atoms with Crippen LogP contribution in [-0.4, -0.2) is 21.7 Å². The Kier molecular flexibility index (Phi) is 2.55. The van der Waals surface area contributed by atoms with Gasteiger partial charge in [0.1, 0.15) is 0 Å². The maximum absolute atomic E-state index is 5.42. The smallest absolute Gasteiger partial charge is 0.0945 e. The molecule has 0 bridgehead atoms. The van der Waals surface area contributed by atoms with Gasteiger partial charge in [0.15, 0.2) is 0 Å². The largest absolute Gasteiger partial charge is 0.367 e. The first-order chi connectivity index (χ1) is 6.90. The Morgan fingerprint density at radius 1 is 1.21 bits per heavy atom. The van der Waals surface area contributed by atoms with Gasteiger partial charge in [0, 0.05) is 24.4 Å². The number of aromatic amines is 1. The van der Waals surface area contributed by atoms with Crippen LogP contribution in [0.4, 0.5) is 0 Å². The molecule has 0 aliphatic rings. The van der Waals surface area contributed by atoms with Gasteiger partial charge in [0.2, 0.25) is 0 Å². The molecule has 0 unspecified atom stereocenters. The van der Waals surface area contributed by atoms with Gasteiger partial charge in [-0.3, -0.25) is 0 Å². The summed E-state index contributed by atoms with van der Waals surface area (Å²) >= 11 is 0. The SMILES string of the molecule is NCCc1ccc(-c2cc[nH]c2)nn1. The molecule has 2 rings (SSSR count). The quantitative estimate of drug-likeness (QED) is 0.754. The highest BCUT2D eigenvalue weighted by molar-refractivity contribution is 5.56. The molecule has 2 aromatic rings. The van der Waals surface area contributed by atoms with Crippen LogP contribution in [0.25, 0.3) is 11.3 Å². The standard InChI is InChI=1S/C10H12N4/c11-5-3-9-1-2-10(14-13-9)8-4-6-12-7-8/h1-2,4,6-7,12H,3,5,11H2. The molecule has 3 N–H and O–H groups in total. The van der Waals surface area contributed by atoms with Crippen LogP contribution in [0.1, 0.15) is 5.69 Å². The molecule has 72 valence electrons. The fourth-order valence-corrected chi connectivity index (χ4v) is 1.28. The summed E-state index contributed by atoms with van der Waals surface area (Å²) in [7, 11) is 0. The van der Waals surface area contributed by atoms with Gasteiger partial charge >= 0.3 is 0 Å². The van der Waals surface area contributed by atoms with E-state index in [4.69, 9.17) is 5.73 Å². The Bertz CT molecular complexity index is 377. The molecular formula is C10H12N4. The predicted octanol–water partition coefficient (Wildman–Crippen LogP) is 0.973. The normalized spacial score (nSPS) is 10.4. The molecule has 0 fully saturated rings. The minimum absolute atomic E-state index is 0.609. The molecule has 0 saturated heterocycles. The van der Waals surface area contributed by atoms with Crippen LogP contribution in [0.3, 0.4) is 0 Å². The Hall–Kier alpha value is -1.68. The van der Waals surface area contributed by atoms with Crippen LogP contribution < -0.4 is 5.73 Å². The molecule has 0 radical (unpaired) electrons. The number of rotatable bonds is 3. The number of hydrogen-bond acceptors (Lipinski definition) is 3. The van der Waals surface area contributed by atoms with Gasteiger partial charge in [-0.15, -0.1) is 0 Å². The number of nitrogens with two attached hydrogens (primary N) is 1. The number of nitrogens with zero attached hydrogens (tertiary/aromatic N) is 2. The van der Waals surface area contributed by atoms with Gasteiger partial charge in [0.25, 0.3) is 0 Å². The van der Waals surface area contributed by atoms with Crippen molar-refractivity contribution in [1.82, 2.24) is 15.2 Å². The van der Waals surface area contributed by atoms with E-state index >= 15 is 0 Å². The summed E-state index contributed by atoms with van der Waals surface area (Å²) in [5, 5.41) is 8.19. The summed E-state index contributed by atoms with van der Waals surface area (Å²) in [5.41, 5.74) is 8.29. The second kappa shape index (κ2) is 4.02.